The molecule has 0 saturated heterocycles. The first-order chi connectivity index (χ1) is 11.6. The van der Waals surface area contributed by atoms with E-state index in [0.717, 1.165) is 5.56 Å². The smallest absolute Gasteiger partial charge is 0.178 e. The molecule has 0 fully saturated rings. The van der Waals surface area contributed by atoms with Crippen LogP contribution in [0, 0.1) is 5.82 Å². The lowest BCUT2D eigenvalue weighted by molar-refractivity contribution is -0.110. The van der Waals surface area contributed by atoms with Crippen molar-refractivity contribution in [3.05, 3.63) is 84.2 Å². The molecule has 0 amide bonds. The van der Waals surface area contributed by atoms with E-state index in [1.807, 2.05) is 0 Å². The summed E-state index contributed by atoms with van der Waals surface area (Å²) >= 11 is 0. The maximum atomic E-state index is 12.8. The van der Waals surface area contributed by atoms with Crippen LogP contribution in [0.15, 0.2) is 67.3 Å². The highest BCUT2D eigenvalue weighted by Crippen LogP contribution is 2.24. The number of ether oxygens (including phenoxy) is 1. The van der Waals surface area contributed by atoms with Crippen LogP contribution < -0.4 is 4.74 Å². The van der Waals surface area contributed by atoms with E-state index in [-0.39, 0.29) is 17.3 Å². The van der Waals surface area contributed by atoms with E-state index in [2.05, 4.69) is 6.58 Å². The Morgan fingerprint density at radius 3 is 2.50 bits per heavy atom. The van der Waals surface area contributed by atoms with Crippen molar-refractivity contribution in [2.45, 2.75) is 0 Å². The highest BCUT2D eigenvalue weighted by Gasteiger charge is 2.01. The molecule has 2 aromatic rings. The lowest BCUT2D eigenvalue weighted by Gasteiger charge is -2.05. The maximum Gasteiger partial charge on any atom is 0.178 e. The molecule has 3 nitrogen and oxygen atoms in total. The Labute approximate surface area is 140 Å². The molecule has 0 aromatic heterocycles. The summed E-state index contributed by atoms with van der Waals surface area (Å²) in [7, 11) is 0. The number of benzene rings is 2. The van der Waals surface area contributed by atoms with Crippen LogP contribution in [0.3, 0.4) is 0 Å². The number of phenols is 1. The number of aromatic hydroxyl groups is 1. The van der Waals surface area contributed by atoms with Crippen molar-refractivity contribution in [1.82, 2.24) is 0 Å². The van der Waals surface area contributed by atoms with E-state index in [1.165, 1.54) is 36.4 Å². The highest BCUT2D eigenvalue weighted by atomic mass is 19.1. The van der Waals surface area contributed by atoms with Crippen LogP contribution in [-0.2, 0) is 4.79 Å². The van der Waals surface area contributed by atoms with Crippen molar-refractivity contribution < 1.29 is 19.0 Å². The molecule has 0 aliphatic heterocycles. The van der Waals surface area contributed by atoms with Gasteiger partial charge in [0.1, 0.15) is 23.9 Å². The van der Waals surface area contributed by atoms with Crippen LogP contribution in [0.2, 0.25) is 0 Å². The van der Waals surface area contributed by atoms with Crippen LogP contribution in [0.5, 0.6) is 11.5 Å². The number of allylic oxidation sites excluding steroid dienone is 2. The van der Waals surface area contributed by atoms with Crippen LogP contribution in [0.4, 0.5) is 4.39 Å². The lowest BCUT2D eigenvalue weighted by Crippen LogP contribution is -1.92. The molecule has 0 radical (unpaired) electrons. The zero-order valence-electron chi connectivity index (χ0n) is 13.0. The Bertz CT molecular complexity index is 774. The molecular weight excluding hydrogens is 307 g/mol. The normalized spacial score (nSPS) is 11.0. The fraction of sp³-hybridized carbons (Fsp3) is 0.0500. The molecule has 0 aliphatic rings. The van der Waals surface area contributed by atoms with Gasteiger partial charge < -0.3 is 9.84 Å². The highest BCUT2D eigenvalue weighted by molar-refractivity contribution is 6.04. The molecule has 0 atom stereocenters. The van der Waals surface area contributed by atoms with Gasteiger partial charge in [0.25, 0.3) is 0 Å². The number of ketones is 1. The standard InChI is InChI=1S/C20H17FO3/c1-2-13-24-19-12-7-16(20(23)14-19)6-11-18(22)10-5-15-3-8-17(21)9-4-15/h2-12,14,23H,1,13H2/b10-5+,11-6+. The zero-order valence-corrected chi connectivity index (χ0v) is 13.0. The van der Waals surface area contributed by atoms with Gasteiger partial charge in [-0.2, -0.15) is 0 Å². The lowest BCUT2D eigenvalue weighted by atomic mass is 10.1. The first kappa shape index (κ1) is 17.2. The van der Waals surface area contributed by atoms with Crippen LogP contribution in [0.1, 0.15) is 11.1 Å². The first-order valence-corrected chi connectivity index (χ1v) is 7.31. The SMILES string of the molecule is C=CCOc1ccc(/C=C/C(=O)/C=C/c2ccc(F)cc2)c(O)c1. The molecular formula is C20H17FO3. The van der Waals surface area contributed by atoms with Crippen molar-refractivity contribution in [3.8, 4) is 11.5 Å². The molecule has 0 bridgehead atoms. The zero-order chi connectivity index (χ0) is 17.4. The third-order valence-electron chi connectivity index (χ3n) is 3.11. The van der Waals surface area contributed by atoms with Crippen LogP contribution in [-0.4, -0.2) is 17.5 Å². The van der Waals surface area contributed by atoms with Gasteiger partial charge in [0.2, 0.25) is 0 Å². The Kier molecular flexibility index (Phi) is 6.08. The van der Waals surface area contributed by atoms with E-state index in [9.17, 15) is 14.3 Å². The van der Waals surface area contributed by atoms with Gasteiger partial charge in [0.05, 0.1) is 0 Å². The third kappa shape index (κ3) is 5.25. The average Bonchev–Trinajstić information content (AvgIpc) is 2.58. The van der Waals surface area contributed by atoms with Crippen LogP contribution in [0.25, 0.3) is 12.2 Å². The summed E-state index contributed by atoms with van der Waals surface area (Å²) in [5.41, 5.74) is 1.23. The van der Waals surface area contributed by atoms with Crippen molar-refractivity contribution in [1.29, 1.82) is 0 Å². The fourth-order valence-corrected chi connectivity index (χ4v) is 1.89. The van der Waals surface area contributed by atoms with Gasteiger partial charge in [0, 0.05) is 11.6 Å². The van der Waals surface area contributed by atoms with E-state index in [1.54, 1.807) is 36.4 Å². The number of halogens is 1. The molecule has 1 N–H and O–H groups in total. The number of rotatable bonds is 7. The fourth-order valence-electron chi connectivity index (χ4n) is 1.89. The topological polar surface area (TPSA) is 46.5 Å². The quantitative estimate of drug-likeness (QED) is 0.607. The summed E-state index contributed by atoms with van der Waals surface area (Å²) < 4.78 is 18.1. The van der Waals surface area contributed by atoms with Crippen molar-refractivity contribution >= 4 is 17.9 Å². The minimum atomic E-state index is -0.325. The van der Waals surface area contributed by atoms with Crippen molar-refractivity contribution in [2.75, 3.05) is 6.61 Å². The second kappa shape index (κ2) is 8.48. The molecule has 0 aliphatic carbocycles. The maximum absolute atomic E-state index is 12.8. The predicted molar refractivity (Wildman–Crippen MR) is 93.3 cm³/mol. The Balaban J connectivity index is 2.00. The van der Waals surface area contributed by atoms with Gasteiger partial charge in [0.15, 0.2) is 5.78 Å². The second-order valence-electron chi connectivity index (χ2n) is 4.94. The summed E-state index contributed by atoms with van der Waals surface area (Å²) in [5.74, 6) is -0.0321. The number of carbonyl (C=O) groups is 1. The first-order valence-electron chi connectivity index (χ1n) is 7.31. The minimum absolute atomic E-state index is 0.0168. The van der Waals surface area contributed by atoms with Gasteiger partial charge in [-0.3, -0.25) is 4.79 Å². The average molecular weight is 324 g/mol. The molecule has 24 heavy (non-hydrogen) atoms. The Morgan fingerprint density at radius 2 is 1.83 bits per heavy atom. The van der Waals surface area contributed by atoms with Gasteiger partial charge in [-0.1, -0.05) is 30.9 Å². The Morgan fingerprint density at radius 1 is 1.12 bits per heavy atom. The molecule has 0 heterocycles. The van der Waals surface area contributed by atoms with Crippen molar-refractivity contribution in [3.63, 3.8) is 0 Å². The molecule has 122 valence electrons. The van der Waals surface area contributed by atoms with Gasteiger partial charge in [-0.15, -0.1) is 0 Å². The molecule has 0 saturated carbocycles. The van der Waals surface area contributed by atoms with Crippen molar-refractivity contribution in [2.24, 2.45) is 0 Å². The third-order valence-corrected chi connectivity index (χ3v) is 3.11. The van der Waals surface area contributed by atoms with E-state index in [0.29, 0.717) is 17.9 Å². The summed E-state index contributed by atoms with van der Waals surface area (Å²) in [6.07, 6.45) is 7.45. The molecule has 2 aromatic carbocycles. The van der Waals surface area contributed by atoms with Crippen LogP contribution >= 0.6 is 0 Å². The summed E-state index contributed by atoms with van der Waals surface area (Å²) in [6, 6.07) is 10.6. The number of phenolic OH excluding ortho intramolecular Hbond substituents is 1. The number of hydrogen-bond acceptors (Lipinski definition) is 3. The molecule has 0 unspecified atom stereocenters. The van der Waals surface area contributed by atoms with Gasteiger partial charge in [-0.25, -0.2) is 4.39 Å². The Hall–Kier alpha value is -3.14. The monoisotopic (exact) mass is 324 g/mol. The van der Waals surface area contributed by atoms with E-state index < -0.39 is 0 Å². The number of carbonyl (C=O) groups excluding carboxylic acids is 1. The predicted octanol–water partition coefficient (Wildman–Crippen LogP) is 4.39. The second-order valence-corrected chi connectivity index (χ2v) is 4.94. The molecule has 4 heteroatoms. The van der Waals surface area contributed by atoms with Gasteiger partial charge >= 0.3 is 0 Å². The van der Waals surface area contributed by atoms with E-state index in [4.69, 9.17) is 4.74 Å². The number of hydrogen-bond donors (Lipinski definition) is 1. The van der Waals surface area contributed by atoms with E-state index >= 15 is 0 Å². The largest absolute Gasteiger partial charge is 0.507 e. The minimum Gasteiger partial charge on any atom is -0.507 e. The summed E-state index contributed by atoms with van der Waals surface area (Å²) in [4.78, 5) is 11.8. The summed E-state index contributed by atoms with van der Waals surface area (Å²) in [6.45, 7) is 3.90. The van der Waals surface area contributed by atoms with Gasteiger partial charge in [-0.05, 0) is 48.1 Å². The summed E-state index contributed by atoms with van der Waals surface area (Å²) in [5, 5.41) is 9.92. The molecule has 2 rings (SSSR count). The molecule has 0 spiro atoms.